The quantitative estimate of drug-likeness (QED) is 0.722. The summed E-state index contributed by atoms with van der Waals surface area (Å²) in [7, 11) is 1.81. The Balaban J connectivity index is 2.05. The first-order valence-electron chi connectivity index (χ1n) is 8.21. The number of nitrogens with zero attached hydrogens (tertiary/aromatic N) is 1. The molecule has 0 saturated heterocycles. The minimum Gasteiger partial charge on any atom is -0.383 e. The van der Waals surface area contributed by atoms with Crippen molar-refractivity contribution in [1.82, 2.24) is 4.90 Å². The van der Waals surface area contributed by atoms with E-state index in [0.29, 0.717) is 0 Å². The molecule has 2 atom stereocenters. The topological polar surface area (TPSA) is 38.5 Å². The van der Waals surface area contributed by atoms with Crippen LogP contribution in [0, 0.1) is 5.92 Å². The van der Waals surface area contributed by atoms with Crippen LogP contribution < -0.4 is 5.73 Å². The lowest BCUT2D eigenvalue weighted by atomic mass is 9.87. The molecule has 2 fully saturated rings. The normalized spacial score (nSPS) is 32.5. The monoisotopic (exact) mass is 268 g/mol. The molecule has 2 saturated carbocycles. The van der Waals surface area contributed by atoms with Crippen molar-refractivity contribution in [2.45, 2.75) is 69.9 Å². The molecule has 0 aromatic rings. The molecule has 0 radical (unpaired) electrons. The van der Waals surface area contributed by atoms with Crippen LogP contribution in [0.3, 0.4) is 0 Å². The van der Waals surface area contributed by atoms with E-state index in [1.807, 2.05) is 0 Å². The van der Waals surface area contributed by atoms with E-state index in [4.69, 9.17) is 10.5 Å². The molecule has 3 nitrogen and oxygen atoms in total. The molecule has 3 heteroatoms. The van der Waals surface area contributed by atoms with Gasteiger partial charge in [-0.15, -0.1) is 0 Å². The summed E-state index contributed by atoms with van der Waals surface area (Å²) in [5.74, 6) is 0.928. The minimum atomic E-state index is 0.267. The highest BCUT2D eigenvalue weighted by molar-refractivity contribution is 5.00. The van der Waals surface area contributed by atoms with E-state index in [0.717, 1.165) is 31.7 Å². The highest BCUT2D eigenvalue weighted by Gasteiger charge is 2.43. The van der Waals surface area contributed by atoms with Gasteiger partial charge in [0.05, 0.1) is 6.61 Å². The fourth-order valence-corrected chi connectivity index (χ4v) is 3.86. The molecular formula is C16H32N2O. The van der Waals surface area contributed by atoms with Crippen molar-refractivity contribution >= 4 is 0 Å². The van der Waals surface area contributed by atoms with Crippen molar-refractivity contribution < 1.29 is 4.74 Å². The maximum atomic E-state index is 6.25. The average molecular weight is 268 g/mol. The Morgan fingerprint density at radius 3 is 2.58 bits per heavy atom. The molecule has 0 bridgehead atoms. The smallest absolute Gasteiger partial charge is 0.0590 e. The maximum absolute atomic E-state index is 6.25. The Bertz CT molecular complexity index is 267. The summed E-state index contributed by atoms with van der Waals surface area (Å²) in [6.07, 6.45) is 10.8. The van der Waals surface area contributed by atoms with Crippen LogP contribution in [-0.2, 0) is 4.74 Å². The van der Waals surface area contributed by atoms with Gasteiger partial charge in [0.15, 0.2) is 0 Å². The van der Waals surface area contributed by atoms with Crippen molar-refractivity contribution in [3.63, 3.8) is 0 Å². The van der Waals surface area contributed by atoms with Crippen LogP contribution in [0.5, 0.6) is 0 Å². The molecule has 112 valence electrons. The molecule has 0 spiro atoms. The predicted octanol–water partition coefficient (Wildman–Crippen LogP) is 2.79. The van der Waals surface area contributed by atoms with E-state index in [1.54, 1.807) is 7.11 Å². The van der Waals surface area contributed by atoms with E-state index < -0.39 is 0 Å². The van der Waals surface area contributed by atoms with Crippen LogP contribution in [0.4, 0.5) is 0 Å². The van der Waals surface area contributed by atoms with Gasteiger partial charge in [-0.2, -0.15) is 0 Å². The standard InChI is InChI=1S/C16H32N2O/c1-3-14-5-4-9-16(13-17,10-8-14)18(11-12-19-2)15-6-7-15/h14-15H,3-13,17H2,1-2H3. The largest absolute Gasteiger partial charge is 0.383 e. The number of hydrogen-bond acceptors (Lipinski definition) is 3. The van der Waals surface area contributed by atoms with Gasteiger partial charge in [0, 0.05) is 31.8 Å². The van der Waals surface area contributed by atoms with Crippen molar-refractivity contribution in [1.29, 1.82) is 0 Å². The van der Waals surface area contributed by atoms with Gasteiger partial charge in [-0.05, 0) is 38.0 Å². The highest BCUT2D eigenvalue weighted by atomic mass is 16.5. The molecule has 0 aromatic carbocycles. The third-order valence-electron chi connectivity index (χ3n) is 5.36. The van der Waals surface area contributed by atoms with Gasteiger partial charge >= 0.3 is 0 Å². The number of nitrogens with two attached hydrogens (primary N) is 1. The molecular weight excluding hydrogens is 236 g/mol. The van der Waals surface area contributed by atoms with Gasteiger partial charge in [0.2, 0.25) is 0 Å². The van der Waals surface area contributed by atoms with Crippen molar-refractivity contribution in [3.8, 4) is 0 Å². The molecule has 2 aliphatic rings. The summed E-state index contributed by atoms with van der Waals surface area (Å²) in [5, 5.41) is 0. The summed E-state index contributed by atoms with van der Waals surface area (Å²) in [4.78, 5) is 2.72. The van der Waals surface area contributed by atoms with Gasteiger partial charge in [0.25, 0.3) is 0 Å². The zero-order chi connectivity index (χ0) is 13.7. The van der Waals surface area contributed by atoms with E-state index >= 15 is 0 Å². The van der Waals surface area contributed by atoms with Crippen LogP contribution in [0.15, 0.2) is 0 Å². The van der Waals surface area contributed by atoms with Crippen LogP contribution in [-0.4, -0.2) is 43.3 Å². The Labute approximate surface area is 118 Å². The van der Waals surface area contributed by atoms with Gasteiger partial charge in [-0.25, -0.2) is 0 Å². The van der Waals surface area contributed by atoms with E-state index in [-0.39, 0.29) is 5.54 Å². The lowest BCUT2D eigenvalue weighted by molar-refractivity contribution is 0.0407. The van der Waals surface area contributed by atoms with Gasteiger partial charge in [0.1, 0.15) is 0 Å². The molecule has 0 heterocycles. The molecule has 2 aliphatic carbocycles. The van der Waals surface area contributed by atoms with Crippen LogP contribution in [0.2, 0.25) is 0 Å². The first kappa shape index (κ1) is 15.3. The van der Waals surface area contributed by atoms with E-state index in [9.17, 15) is 0 Å². The zero-order valence-electron chi connectivity index (χ0n) is 12.9. The number of hydrogen-bond donors (Lipinski definition) is 1. The Hall–Kier alpha value is -0.120. The Kier molecular flexibility index (Phi) is 5.67. The van der Waals surface area contributed by atoms with Gasteiger partial charge < -0.3 is 10.5 Å². The third kappa shape index (κ3) is 3.71. The van der Waals surface area contributed by atoms with E-state index in [2.05, 4.69) is 11.8 Å². The van der Waals surface area contributed by atoms with Gasteiger partial charge in [-0.1, -0.05) is 26.2 Å². The predicted molar refractivity (Wildman–Crippen MR) is 80.3 cm³/mol. The molecule has 2 unspecified atom stereocenters. The lowest BCUT2D eigenvalue weighted by Gasteiger charge is -2.43. The van der Waals surface area contributed by atoms with Crippen LogP contribution >= 0.6 is 0 Å². The fourth-order valence-electron chi connectivity index (χ4n) is 3.86. The molecule has 0 aromatic heterocycles. The summed E-state index contributed by atoms with van der Waals surface area (Å²) in [6, 6.07) is 0.789. The van der Waals surface area contributed by atoms with Crippen LogP contribution in [0.25, 0.3) is 0 Å². The van der Waals surface area contributed by atoms with Gasteiger partial charge in [-0.3, -0.25) is 4.90 Å². The third-order valence-corrected chi connectivity index (χ3v) is 5.36. The van der Waals surface area contributed by atoms with Crippen molar-refractivity contribution in [3.05, 3.63) is 0 Å². The maximum Gasteiger partial charge on any atom is 0.0590 e. The fraction of sp³-hybridized carbons (Fsp3) is 1.00. The van der Waals surface area contributed by atoms with Crippen molar-refractivity contribution in [2.75, 3.05) is 26.8 Å². The summed E-state index contributed by atoms with van der Waals surface area (Å²) < 4.78 is 5.32. The molecule has 0 amide bonds. The SMILES string of the molecule is CCC1CCCC(CN)(N(CCOC)C2CC2)CC1. The second-order valence-electron chi connectivity index (χ2n) is 6.55. The first-order valence-corrected chi connectivity index (χ1v) is 8.21. The number of ether oxygens (including phenoxy) is 1. The lowest BCUT2D eigenvalue weighted by Crippen LogP contribution is -2.55. The molecule has 2 rings (SSSR count). The Morgan fingerprint density at radius 1 is 1.21 bits per heavy atom. The number of rotatable bonds is 7. The Morgan fingerprint density at radius 2 is 2.00 bits per heavy atom. The summed E-state index contributed by atoms with van der Waals surface area (Å²) >= 11 is 0. The molecule has 2 N–H and O–H groups in total. The number of methoxy groups -OCH3 is 1. The van der Waals surface area contributed by atoms with Crippen LogP contribution in [0.1, 0.15) is 58.3 Å². The molecule has 0 aliphatic heterocycles. The zero-order valence-corrected chi connectivity index (χ0v) is 12.9. The van der Waals surface area contributed by atoms with Crippen molar-refractivity contribution in [2.24, 2.45) is 11.7 Å². The molecule has 19 heavy (non-hydrogen) atoms. The second-order valence-corrected chi connectivity index (χ2v) is 6.55. The first-order chi connectivity index (χ1) is 9.25. The summed E-state index contributed by atoms with van der Waals surface area (Å²) in [6.45, 7) is 5.07. The average Bonchev–Trinajstić information content (AvgIpc) is 3.26. The summed E-state index contributed by atoms with van der Waals surface area (Å²) in [5.41, 5.74) is 6.52. The highest BCUT2D eigenvalue weighted by Crippen LogP contribution is 2.41. The minimum absolute atomic E-state index is 0.267. The second kappa shape index (κ2) is 7.05. The van der Waals surface area contributed by atoms with E-state index in [1.165, 1.54) is 51.4 Å².